The Hall–Kier alpha value is -1.37. The van der Waals surface area contributed by atoms with Crippen molar-refractivity contribution in [3.05, 3.63) is 62.5 Å². The number of methoxy groups -OCH3 is 1. The van der Waals surface area contributed by atoms with Gasteiger partial charge in [0, 0.05) is 41.7 Å². The average molecular weight is 482 g/mol. The summed E-state index contributed by atoms with van der Waals surface area (Å²) in [5.74, 6) is 1.01. The van der Waals surface area contributed by atoms with E-state index in [1.165, 1.54) is 5.56 Å². The molecule has 0 bridgehead atoms. The number of hydrogen-bond acceptors (Lipinski definition) is 3. The van der Waals surface area contributed by atoms with Crippen molar-refractivity contribution in [1.82, 2.24) is 9.80 Å². The van der Waals surface area contributed by atoms with Crippen LogP contribution in [0.5, 0.6) is 5.75 Å². The van der Waals surface area contributed by atoms with Crippen LogP contribution in [0.3, 0.4) is 0 Å². The van der Waals surface area contributed by atoms with E-state index >= 15 is 0 Å². The van der Waals surface area contributed by atoms with Crippen LogP contribution in [-0.2, 0) is 17.8 Å². The molecular weight excluding hydrogens is 460 g/mol. The van der Waals surface area contributed by atoms with Crippen LogP contribution in [0.25, 0.3) is 0 Å². The summed E-state index contributed by atoms with van der Waals surface area (Å²) in [6.45, 7) is 4.29. The van der Waals surface area contributed by atoms with Gasteiger partial charge >= 0.3 is 0 Å². The normalized spacial score (nSPS) is 15.1. The van der Waals surface area contributed by atoms with Gasteiger partial charge in [-0.15, -0.1) is 0 Å². The third-order valence-corrected chi connectivity index (χ3v) is 6.51. The highest BCUT2D eigenvalue weighted by Crippen LogP contribution is 2.24. The number of benzene rings is 2. The Balaban J connectivity index is 1.49. The van der Waals surface area contributed by atoms with Crippen LogP contribution in [0.15, 0.2) is 51.4 Å². The minimum absolute atomic E-state index is 0.196. The lowest BCUT2D eigenvalue weighted by atomic mass is 10.1. The van der Waals surface area contributed by atoms with Crippen LogP contribution >= 0.6 is 31.9 Å². The first-order valence-electron chi connectivity index (χ1n) is 8.62. The largest absolute Gasteiger partial charge is 0.497 e. The van der Waals surface area contributed by atoms with Gasteiger partial charge in [-0.1, -0.05) is 18.2 Å². The molecule has 1 amide bonds. The number of carbonyl (C=O) groups excluding carboxylic acids is 1. The van der Waals surface area contributed by atoms with Crippen LogP contribution in [-0.4, -0.2) is 49.0 Å². The SMILES string of the molecule is COc1ccc(CC(=O)N2CCN(Cc3ccc(Br)c(Br)c3)CC2)cc1. The van der Waals surface area contributed by atoms with E-state index in [0.29, 0.717) is 6.42 Å². The summed E-state index contributed by atoms with van der Waals surface area (Å²) >= 11 is 7.06. The Labute approximate surface area is 171 Å². The maximum absolute atomic E-state index is 12.5. The number of piperazine rings is 1. The molecule has 0 radical (unpaired) electrons. The molecule has 1 aliphatic heterocycles. The lowest BCUT2D eigenvalue weighted by Crippen LogP contribution is -2.48. The Morgan fingerprint density at radius 3 is 2.23 bits per heavy atom. The predicted octanol–water partition coefficient (Wildman–Crippen LogP) is 4.11. The van der Waals surface area contributed by atoms with Crippen molar-refractivity contribution in [3.63, 3.8) is 0 Å². The molecule has 0 spiro atoms. The van der Waals surface area contributed by atoms with Gasteiger partial charge in [0.25, 0.3) is 0 Å². The maximum atomic E-state index is 12.5. The summed E-state index contributed by atoms with van der Waals surface area (Å²) in [7, 11) is 1.65. The fourth-order valence-electron chi connectivity index (χ4n) is 3.08. The van der Waals surface area contributed by atoms with E-state index in [4.69, 9.17) is 4.74 Å². The summed E-state index contributed by atoms with van der Waals surface area (Å²) in [5, 5.41) is 0. The zero-order valence-electron chi connectivity index (χ0n) is 14.8. The van der Waals surface area contributed by atoms with Crippen LogP contribution in [0, 0.1) is 0 Å². The molecule has 0 saturated carbocycles. The molecule has 1 fully saturated rings. The van der Waals surface area contributed by atoms with Crippen molar-refractivity contribution >= 4 is 37.8 Å². The molecule has 6 heteroatoms. The van der Waals surface area contributed by atoms with Gasteiger partial charge in [0.1, 0.15) is 5.75 Å². The third-order valence-electron chi connectivity index (χ3n) is 4.63. The fourth-order valence-corrected chi connectivity index (χ4v) is 3.75. The first kappa shape index (κ1) is 19.4. The molecule has 2 aromatic rings. The van der Waals surface area contributed by atoms with Gasteiger partial charge in [-0.2, -0.15) is 0 Å². The highest BCUT2D eigenvalue weighted by Gasteiger charge is 2.21. The quantitative estimate of drug-likeness (QED) is 0.644. The second-order valence-corrected chi connectivity index (χ2v) is 8.14. The van der Waals surface area contributed by atoms with Crippen molar-refractivity contribution in [2.45, 2.75) is 13.0 Å². The number of ether oxygens (including phenoxy) is 1. The van der Waals surface area contributed by atoms with E-state index in [1.807, 2.05) is 29.2 Å². The van der Waals surface area contributed by atoms with Crippen molar-refractivity contribution in [2.75, 3.05) is 33.3 Å². The Morgan fingerprint density at radius 1 is 0.962 bits per heavy atom. The number of carbonyl (C=O) groups is 1. The second-order valence-electron chi connectivity index (χ2n) is 6.43. The summed E-state index contributed by atoms with van der Waals surface area (Å²) < 4.78 is 7.30. The Bertz CT molecular complexity index is 757. The first-order chi connectivity index (χ1) is 12.5. The van der Waals surface area contributed by atoms with Crippen molar-refractivity contribution < 1.29 is 9.53 Å². The number of halogens is 2. The molecule has 26 heavy (non-hydrogen) atoms. The summed E-state index contributed by atoms with van der Waals surface area (Å²) in [5.41, 5.74) is 2.30. The van der Waals surface area contributed by atoms with Gasteiger partial charge < -0.3 is 9.64 Å². The summed E-state index contributed by atoms with van der Waals surface area (Å²) in [6.07, 6.45) is 0.448. The molecule has 4 nitrogen and oxygen atoms in total. The van der Waals surface area contributed by atoms with E-state index in [0.717, 1.165) is 53.0 Å². The molecule has 0 atom stereocenters. The van der Waals surface area contributed by atoms with Gasteiger partial charge in [0.2, 0.25) is 5.91 Å². The highest BCUT2D eigenvalue weighted by atomic mass is 79.9. The molecular formula is C20H22Br2N2O2. The van der Waals surface area contributed by atoms with Crippen molar-refractivity contribution in [2.24, 2.45) is 0 Å². The molecule has 3 rings (SSSR count). The molecule has 1 aliphatic rings. The second kappa shape index (κ2) is 9.02. The van der Waals surface area contributed by atoms with E-state index < -0.39 is 0 Å². The molecule has 1 saturated heterocycles. The number of hydrogen-bond donors (Lipinski definition) is 0. The zero-order valence-corrected chi connectivity index (χ0v) is 17.9. The molecule has 0 aromatic heterocycles. The van der Waals surface area contributed by atoms with Crippen LogP contribution < -0.4 is 4.74 Å². The fraction of sp³-hybridized carbons (Fsp3) is 0.350. The van der Waals surface area contributed by atoms with E-state index in [1.54, 1.807) is 7.11 Å². The molecule has 2 aromatic carbocycles. The minimum atomic E-state index is 0.196. The summed E-state index contributed by atoms with van der Waals surface area (Å²) in [4.78, 5) is 16.9. The topological polar surface area (TPSA) is 32.8 Å². The van der Waals surface area contributed by atoms with Gasteiger partial charge in [0.15, 0.2) is 0 Å². The van der Waals surface area contributed by atoms with Crippen LogP contribution in [0.1, 0.15) is 11.1 Å². The van der Waals surface area contributed by atoms with Crippen LogP contribution in [0.4, 0.5) is 0 Å². The third kappa shape index (κ3) is 5.09. The molecule has 0 aliphatic carbocycles. The maximum Gasteiger partial charge on any atom is 0.227 e. The van der Waals surface area contributed by atoms with Crippen LogP contribution in [0.2, 0.25) is 0 Å². The van der Waals surface area contributed by atoms with Gasteiger partial charge in [-0.25, -0.2) is 0 Å². The minimum Gasteiger partial charge on any atom is -0.497 e. The standard InChI is InChI=1S/C20H22Br2N2O2/c1-26-17-5-2-15(3-6-17)13-20(25)24-10-8-23(9-11-24)14-16-4-7-18(21)19(22)12-16/h2-7,12H,8-11,13-14H2,1H3. The Kier molecular flexibility index (Phi) is 6.73. The van der Waals surface area contributed by atoms with E-state index in [-0.39, 0.29) is 5.91 Å². The monoisotopic (exact) mass is 480 g/mol. The average Bonchev–Trinajstić information content (AvgIpc) is 2.66. The number of nitrogens with zero attached hydrogens (tertiary/aromatic N) is 2. The zero-order chi connectivity index (χ0) is 18.5. The highest BCUT2D eigenvalue weighted by molar-refractivity contribution is 9.13. The van der Waals surface area contributed by atoms with Crippen molar-refractivity contribution in [3.8, 4) is 5.75 Å². The number of rotatable bonds is 5. The number of amides is 1. The molecule has 138 valence electrons. The first-order valence-corrected chi connectivity index (χ1v) is 10.2. The molecule has 0 N–H and O–H groups in total. The van der Waals surface area contributed by atoms with E-state index in [9.17, 15) is 4.79 Å². The lowest BCUT2D eigenvalue weighted by molar-refractivity contribution is -0.132. The molecule has 1 heterocycles. The predicted molar refractivity (Wildman–Crippen MR) is 110 cm³/mol. The van der Waals surface area contributed by atoms with Crippen molar-refractivity contribution in [1.29, 1.82) is 0 Å². The van der Waals surface area contributed by atoms with Gasteiger partial charge in [-0.05, 0) is 67.3 Å². The van der Waals surface area contributed by atoms with Gasteiger partial charge in [0.05, 0.1) is 13.5 Å². The lowest BCUT2D eigenvalue weighted by Gasteiger charge is -2.35. The smallest absolute Gasteiger partial charge is 0.227 e. The molecule has 0 unspecified atom stereocenters. The Morgan fingerprint density at radius 2 is 1.62 bits per heavy atom. The summed E-state index contributed by atoms with van der Waals surface area (Å²) in [6, 6.07) is 14.1. The van der Waals surface area contributed by atoms with Gasteiger partial charge in [-0.3, -0.25) is 9.69 Å². The van der Waals surface area contributed by atoms with E-state index in [2.05, 4.69) is 55.0 Å².